The van der Waals surface area contributed by atoms with E-state index in [0.29, 0.717) is 5.56 Å². The van der Waals surface area contributed by atoms with Crippen molar-refractivity contribution in [3.8, 4) is 0 Å². The second-order valence-electron chi connectivity index (χ2n) is 6.65. The van der Waals surface area contributed by atoms with E-state index >= 15 is 0 Å². The van der Waals surface area contributed by atoms with Crippen LogP contribution in [0.25, 0.3) is 0 Å². The summed E-state index contributed by atoms with van der Waals surface area (Å²) in [6.45, 7) is 7.29. The zero-order valence-electron chi connectivity index (χ0n) is 13.5. The average molecular weight is 307 g/mol. The number of aliphatic hydroxyl groups is 1. The Labute approximate surface area is 131 Å². The molecule has 2 atom stereocenters. The summed E-state index contributed by atoms with van der Waals surface area (Å²) in [5.41, 5.74) is 5.68. The van der Waals surface area contributed by atoms with Crippen molar-refractivity contribution in [2.45, 2.75) is 51.4 Å². The van der Waals surface area contributed by atoms with Crippen LogP contribution in [0.4, 0.5) is 5.82 Å². The number of esters is 1. The molecule has 1 aromatic rings. The number of nitrogens with two attached hydrogens (primary N) is 1. The summed E-state index contributed by atoms with van der Waals surface area (Å²) < 4.78 is 5.19. The molecule has 1 aliphatic heterocycles. The first-order chi connectivity index (χ1) is 10.3. The van der Waals surface area contributed by atoms with Crippen LogP contribution in [0.3, 0.4) is 0 Å². The first-order valence-corrected chi connectivity index (χ1v) is 7.65. The molecule has 0 amide bonds. The Balaban J connectivity index is 2.02. The Morgan fingerprint density at radius 2 is 2.00 bits per heavy atom. The quantitative estimate of drug-likeness (QED) is 0.817. The number of hydrogen-bond acceptors (Lipinski definition) is 6. The van der Waals surface area contributed by atoms with Gasteiger partial charge in [0.25, 0.3) is 0 Å². The van der Waals surface area contributed by atoms with Gasteiger partial charge in [-0.1, -0.05) is 6.07 Å². The zero-order chi connectivity index (χ0) is 16.3. The van der Waals surface area contributed by atoms with Gasteiger partial charge in [-0.05, 0) is 39.7 Å². The van der Waals surface area contributed by atoms with Gasteiger partial charge in [0, 0.05) is 24.8 Å². The molecule has 3 N–H and O–H groups in total. The summed E-state index contributed by atoms with van der Waals surface area (Å²) in [6.07, 6.45) is 2.79. The van der Waals surface area contributed by atoms with Crippen LogP contribution in [0.15, 0.2) is 18.3 Å². The first-order valence-electron chi connectivity index (χ1n) is 7.65. The molecule has 6 nitrogen and oxygen atoms in total. The second-order valence-corrected chi connectivity index (χ2v) is 6.65. The van der Waals surface area contributed by atoms with E-state index < -0.39 is 23.7 Å². The van der Waals surface area contributed by atoms with Crippen LogP contribution in [-0.2, 0) is 9.53 Å². The third-order valence-electron chi connectivity index (χ3n) is 3.56. The van der Waals surface area contributed by atoms with Crippen LogP contribution < -0.4 is 10.6 Å². The minimum Gasteiger partial charge on any atom is -0.459 e. The molecule has 1 aliphatic rings. The third-order valence-corrected chi connectivity index (χ3v) is 3.56. The van der Waals surface area contributed by atoms with Crippen LogP contribution in [0.1, 0.15) is 45.3 Å². The van der Waals surface area contributed by atoms with E-state index in [4.69, 9.17) is 10.5 Å². The molecule has 0 bridgehead atoms. The highest BCUT2D eigenvalue weighted by Crippen LogP contribution is 2.22. The number of carbonyl (C=O) groups is 1. The maximum Gasteiger partial charge on any atom is 0.326 e. The van der Waals surface area contributed by atoms with E-state index in [1.54, 1.807) is 33.0 Å². The fourth-order valence-electron chi connectivity index (χ4n) is 2.41. The van der Waals surface area contributed by atoms with Gasteiger partial charge in [0.2, 0.25) is 0 Å². The van der Waals surface area contributed by atoms with Crippen LogP contribution in [-0.4, -0.2) is 40.8 Å². The Morgan fingerprint density at radius 1 is 1.36 bits per heavy atom. The standard InChI is InChI=1S/C16H25N3O3/c1-16(2,3)22-15(21)13(17)14(20)11-6-7-12(18-10-11)19-8-4-5-9-19/h6-7,10,13-14,20H,4-5,8-9,17H2,1-3H3/t13-,14+/m0/s1. The Bertz CT molecular complexity index is 504. The number of pyridine rings is 1. The van der Waals surface area contributed by atoms with Gasteiger partial charge in [-0.2, -0.15) is 0 Å². The van der Waals surface area contributed by atoms with Gasteiger partial charge < -0.3 is 20.5 Å². The van der Waals surface area contributed by atoms with Crippen molar-refractivity contribution >= 4 is 11.8 Å². The lowest BCUT2D eigenvalue weighted by molar-refractivity contribution is -0.159. The molecule has 122 valence electrons. The highest BCUT2D eigenvalue weighted by molar-refractivity contribution is 5.77. The van der Waals surface area contributed by atoms with Gasteiger partial charge in [0.1, 0.15) is 23.6 Å². The lowest BCUT2D eigenvalue weighted by Crippen LogP contribution is -2.41. The van der Waals surface area contributed by atoms with E-state index in [-0.39, 0.29) is 0 Å². The van der Waals surface area contributed by atoms with Gasteiger partial charge in [-0.25, -0.2) is 4.98 Å². The smallest absolute Gasteiger partial charge is 0.326 e. The number of rotatable bonds is 4. The topological polar surface area (TPSA) is 88.7 Å². The lowest BCUT2D eigenvalue weighted by Gasteiger charge is -2.24. The maximum atomic E-state index is 11.9. The molecule has 6 heteroatoms. The normalized spacial score (nSPS) is 18.1. The molecule has 0 unspecified atom stereocenters. The molecule has 0 aliphatic carbocycles. The molecule has 1 saturated heterocycles. The van der Waals surface area contributed by atoms with Gasteiger partial charge in [0.05, 0.1) is 0 Å². The number of ether oxygens (including phenoxy) is 1. The number of aromatic nitrogens is 1. The van der Waals surface area contributed by atoms with Crippen molar-refractivity contribution in [1.82, 2.24) is 4.98 Å². The molecular formula is C16H25N3O3. The van der Waals surface area contributed by atoms with E-state index in [1.165, 1.54) is 12.8 Å². The van der Waals surface area contributed by atoms with Gasteiger partial charge >= 0.3 is 5.97 Å². The van der Waals surface area contributed by atoms with E-state index in [0.717, 1.165) is 18.9 Å². The summed E-state index contributed by atoms with van der Waals surface area (Å²) in [5, 5.41) is 10.2. The van der Waals surface area contributed by atoms with Crippen LogP contribution in [0.5, 0.6) is 0 Å². The largest absolute Gasteiger partial charge is 0.459 e. The molecule has 1 aromatic heterocycles. The molecule has 22 heavy (non-hydrogen) atoms. The second kappa shape index (κ2) is 6.62. The predicted octanol–water partition coefficient (Wildman–Crippen LogP) is 1.38. The highest BCUT2D eigenvalue weighted by atomic mass is 16.6. The van der Waals surface area contributed by atoms with Gasteiger partial charge in [-0.3, -0.25) is 4.79 Å². The van der Waals surface area contributed by atoms with Crippen molar-refractivity contribution in [2.24, 2.45) is 5.73 Å². The zero-order valence-corrected chi connectivity index (χ0v) is 13.5. The molecule has 0 aromatic carbocycles. The van der Waals surface area contributed by atoms with Crippen molar-refractivity contribution < 1.29 is 14.6 Å². The van der Waals surface area contributed by atoms with E-state index in [1.807, 2.05) is 6.07 Å². The Hall–Kier alpha value is -1.66. The number of aliphatic hydroxyl groups excluding tert-OH is 1. The van der Waals surface area contributed by atoms with E-state index in [2.05, 4.69) is 9.88 Å². The van der Waals surface area contributed by atoms with Gasteiger partial charge in [0.15, 0.2) is 0 Å². The molecule has 2 heterocycles. The third kappa shape index (κ3) is 4.18. The maximum absolute atomic E-state index is 11.9. The van der Waals surface area contributed by atoms with Crippen molar-refractivity contribution in [2.75, 3.05) is 18.0 Å². The van der Waals surface area contributed by atoms with Crippen molar-refractivity contribution in [3.05, 3.63) is 23.9 Å². The number of nitrogens with zero attached hydrogens (tertiary/aromatic N) is 2. The van der Waals surface area contributed by atoms with Crippen LogP contribution >= 0.6 is 0 Å². The fourth-order valence-corrected chi connectivity index (χ4v) is 2.41. The minimum atomic E-state index is -1.13. The monoisotopic (exact) mass is 307 g/mol. The van der Waals surface area contributed by atoms with Gasteiger partial charge in [-0.15, -0.1) is 0 Å². The summed E-state index contributed by atoms with van der Waals surface area (Å²) in [5.74, 6) is 0.267. The number of carbonyl (C=O) groups excluding carboxylic acids is 1. The molecule has 2 rings (SSSR count). The highest BCUT2D eigenvalue weighted by Gasteiger charge is 2.29. The van der Waals surface area contributed by atoms with Crippen LogP contribution in [0.2, 0.25) is 0 Å². The predicted molar refractivity (Wildman–Crippen MR) is 84.5 cm³/mol. The van der Waals surface area contributed by atoms with Crippen LogP contribution in [0, 0.1) is 0 Å². The van der Waals surface area contributed by atoms with Crippen molar-refractivity contribution in [1.29, 1.82) is 0 Å². The fraction of sp³-hybridized carbons (Fsp3) is 0.625. The minimum absolute atomic E-state index is 0.515. The Morgan fingerprint density at radius 3 is 2.50 bits per heavy atom. The molecular weight excluding hydrogens is 282 g/mol. The summed E-state index contributed by atoms with van der Waals surface area (Å²) in [4.78, 5) is 18.5. The summed E-state index contributed by atoms with van der Waals surface area (Å²) in [7, 11) is 0. The first kappa shape index (κ1) is 16.7. The molecule has 0 saturated carbocycles. The number of anilines is 1. The Kier molecular flexibility index (Phi) is 5.03. The average Bonchev–Trinajstić information content (AvgIpc) is 2.98. The van der Waals surface area contributed by atoms with E-state index in [9.17, 15) is 9.90 Å². The lowest BCUT2D eigenvalue weighted by atomic mass is 10.0. The summed E-state index contributed by atoms with van der Waals surface area (Å²) >= 11 is 0. The summed E-state index contributed by atoms with van der Waals surface area (Å²) in [6, 6.07) is 2.49. The molecule has 1 fully saturated rings. The molecule has 0 radical (unpaired) electrons. The van der Waals surface area contributed by atoms with Crippen molar-refractivity contribution in [3.63, 3.8) is 0 Å². The molecule has 0 spiro atoms. The number of hydrogen-bond donors (Lipinski definition) is 2. The SMILES string of the molecule is CC(C)(C)OC(=O)[C@@H](N)[C@H](O)c1ccc(N2CCCC2)nc1.